The third-order valence-electron chi connectivity index (χ3n) is 2.45. The van der Waals surface area contributed by atoms with Crippen molar-refractivity contribution in [2.24, 2.45) is 4.99 Å². The summed E-state index contributed by atoms with van der Waals surface area (Å²) in [6.45, 7) is 6.11. The number of amides is 1. The van der Waals surface area contributed by atoms with Crippen molar-refractivity contribution >= 4 is 41.5 Å². The number of nitrogens with one attached hydrogen (secondary N) is 3. The molecule has 0 saturated carbocycles. The van der Waals surface area contributed by atoms with E-state index in [1.807, 2.05) is 6.92 Å². The summed E-state index contributed by atoms with van der Waals surface area (Å²) in [4.78, 5) is 15.6. The lowest BCUT2D eigenvalue weighted by Crippen LogP contribution is -2.38. The van der Waals surface area contributed by atoms with E-state index in [1.165, 1.54) is 0 Å². The molecule has 0 atom stereocenters. The van der Waals surface area contributed by atoms with Crippen LogP contribution < -0.4 is 16.0 Å². The van der Waals surface area contributed by atoms with E-state index in [9.17, 15) is 18.0 Å². The van der Waals surface area contributed by atoms with Crippen molar-refractivity contribution < 1.29 is 18.0 Å². The predicted molar refractivity (Wildman–Crippen MR) is 94.5 cm³/mol. The molecule has 9 heteroatoms. The van der Waals surface area contributed by atoms with Gasteiger partial charge in [-0.3, -0.25) is 4.79 Å². The molecule has 0 spiro atoms. The summed E-state index contributed by atoms with van der Waals surface area (Å²) in [7, 11) is 0. The Bertz CT molecular complexity index is 581. The molecule has 0 radical (unpaired) electrons. The van der Waals surface area contributed by atoms with Crippen LogP contribution in [0.15, 0.2) is 29.8 Å². The highest BCUT2D eigenvalue weighted by atomic mass is 127. The van der Waals surface area contributed by atoms with Crippen LogP contribution in [-0.4, -0.2) is 31.5 Å². The van der Waals surface area contributed by atoms with Crippen molar-refractivity contribution in [1.29, 1.82) is 0 Å². The zero-order chi connectivity index (χ0) is 16.5. The molecule has 1 amide bonds. The molecule has 0 unspecified atom stereocenters. The minimum absolute atomic E-state index is 0. The predicted octanol–water partition coefficient (Wildman–Crippen LogP) is 2.40. The Morgan fingerprint density at radius 2 is 1.96 bits per heavy atom. The third-order valence-corrected chi connectivity index (χ3v) is 2.45. The van der Waals surface area contributed by atoms with E-state index in [1.54, 1.807) is 6.08 Å². The van der Waals surface area contributed by atoms with Gasteiger partial charge in [-0.25, -0.2) is 18.2 Å². The number of benzene rings is 1. The van der Waals surface area contributed by atoms with Crippen LogP contribution in [0.2, 0.25) is 0 Å². The topological polar surface area (TPSA) is 65.5 Å². The van der Waals surface area contributed by atoms with E-state index in [-0.39, 0.29) is 30.5 Å². The van der Waals surface area contributed by atoms with Gasteiger partial charge in [0.2, 0.25) is 5.91 Å². The number of rotatable bonds is 6. The van der Waals surface area contributed by atoms with E-state index in [0.29, 0.717) is 19.0 Å². The SMILES string of the molecule is C=CCNC(=NCC(=O)Nc1ccc(F)c(F)c1F)NCC.I. The number of nitrogens with zero attached hydrogens (tertiary/aromatic N) is 1. The molecule has 0 aromatic heterocycles. The molecule has 5 nitrogen and oxygen atoms in total. The van der Waals surface area contributed by atoms with Crippen LogP contribution >= 0.6 is 24.0 Å². The van der Waals surface area contributed by atoms with Crippen molar-refractivity contribution in [3.05, 3.63) is 42.2 Å². The lowest BCUT2D eigenvalue weighted by atomic mass is 10.3. The molecule has 128 valence electrons. The van der Waals surface area contributed by atoms with Crippen LogP contribution in [0.5, 0.6) is 0 Å². The van der Waals surface area contributed by atoms with Crippen molar-refractivity contribution in [1.82, 2.24) is 10.6 Å². The van der Waals surface area contributed by atoms with Gasteiger partial charge in [-0.2, -0.15) is 0 Å². The highest BCUT2D eigenvalue weighted by Crippen LogP contribution is 2.19. The summed E-state index contributed by atoms with van der Waals surface area (Å²) in [6, 6.07) is 1.67. The second kappa shape index (κ2) is 10.9. The number of guanidine groups is 1. The summed E-state index contributed by atoms with van der Waals surface area (Å²) >= 11 is 0. The first-order chi connectivity index (χ1) is 10.5. The van der Waals surface area contributed by atoms with Crippen LogP contribution in [-0.2, 0) is 4.79 Å². The van der Waals surface area contributed by atoms with Crippen molar-refractivity contribution in [3.63, 3.8) is 0 Å². The Balaban J connectivity index is 0.00000484. The first-order valence-corrected chi connectivity index (χ1v) is 6.56. The van der Waals surface area contributed by atoms with Crippen LogP contribution in [0, 0.1) is 17.5 Å². The van der Waals surface area contributed by atoms with E-state index in [4.69, 9.17) is 0 Å². The van der Waals surface area contributed by atoms with Crippen LogP contribution in [0.25, 0.3) is 0 Å². The summed E-state index contributed by atoms with van der Waals surface area (Å²) in [5.41, 5.74) is -0.442. The number of carbonyl (C=O) groups is 1. The Labute approximate surface area is 149 Å². The first-order valence-electron chi connectivity index (χ1n) is 6.56. The highest BCUT2D eigenvalue weighted by Gasteiger charge is 2.15. The number of anilines is 1. The molecule has 0 aliphatic rings. The molecule has 3 N–H and O–H groups in total. The van der Waals surface area contributed by atoms with Gasteiger partial charge in [0.05, 0.1) is 5.69 Å². The molecule has 0 bridgehead atoms. The summed E-state index contributed by atoms with van der Waals surface area (Å²) in [5, 5.41) is 7.90. The van der Waals surface area contributed by atoms with Crippen molar-refractivity contribution in [2.75, 3.05) is 25.0 Å². The van der Waals surface area contributed by atoms with Crippen LogP contribution in [0.4, 0.5) is 18.9 Å². The molecule has 1 aromatic carbocycles. The van der Waals surface area contributed by atoms with Gasteiger partial charge in [-0.15, -0.1) is 30.6 Å². The third kappa shape index (κ3) is 6.89. The Morgan fingerprint density at radius 3 is 2.57 bits per heavy atom. The number of carbonyl (C=O) groups excluding carboxylic acids is 1. The number of hydrogen-bond donors (Lipinski definition) is 3. The fourth-order valence-electron chi connectivity index (χ4n) is 1.47. The van der Waals surface area contributed by atoms with Crippen molar-refractivity contribution in [3.8, 4) is 0 Å². The molecular formula is C14H18F3IN4O. The lowest BCUT2D eigenvalue weighted by molar-refractivity contribution is -0.114. The normalized spacial score (nSPS) is 10.5. The maximum atomic E-state index is 13.4. The Kier molecular flexibility index (Phi) is 10.0. The minimum Gasteiger partial charge on any atom is -0.357 e. The number of halogens is 4. The van der Waals surface area contributed by atoms with Gasteiger partial charge < -0.3 is 16.0 Å². The van der Waals surface area contributed by atoms with E-state index in [0.717, 1.165) is 12.1 Å². The molecule has 23 heavy (non-hydrogen) atoms. The van der Waals surface area contributed by atoms with Gasteiger partial charge in [0.25, 0.3) is 0 Å². The number of hydrogen-bond acceptors (Lipinski definition) is 2. The van der Waals surface area contributed by atoms with E-state index >= 15 is 0 Å². The summed E-state index contributed by atoms with van der Waals surface area (Å²) < 4.78 is 39.2. The fraction of sp³-hybridized carbons (Fsp3) is 0.286. The second-order valence-electron chi connectivity index (χ2n) is 4.14. The van der Waals surface area contributed by atoms with Gasteiger partial charge in [0.15, 0.2) is 23.4 Å². The van der Waals surface area contributed by atoms with E-state index < -0.39 is 29.0 Å². The molecule has 0 saturated heterocycles. The standard InChI is InChI=1S/C14H17F3N4O.HI/c1-3-7-19-14(18-4-2)20-8-11(22)21-10-6-5-9(15)12(16)13(10)17;/h3,5-6H,1,4,7-8H2,2H3,(H,21,22)(H2,18,19,20);1H. The van der Waals surface area contributed by atoms with Crippen LogP contribution in [0.1, 0.15) is 6.92 Å². The molecule has 0 aliphatic heterocycles. The van der Waals surface area contributed by atoms with Gasteiger partial charge in [-0.1, -0.05) is 6.08 Å². The minimum atomic E-state index is -1.64. The van der Waals surface area contributed by atoms with Crippen molar-refractivity contribution in [2.45, 2.75) is 6.92 Å². The summed E-state index contributed by atoms with van der Waals surface area (Å²) in [5.74, 6) is -4.70. The largest absolute Gasteiger partial charge is 0.357 e. The maximum Gasteiger partial charge on any atom is 0.246 e. The summed E-state index contributed by atoms with van der Waals surface area (Å²) in [6.07, 6.45) is 1.61. The average molecular weight is 442 g/mol. The highest BCUT2D eigenvalue weighted by molar-refractivity contribution is 14.0. The Morgan fingerprint density at radius 1 is 1.26 bits per heavy atom. The zero-order valence-corrected chi connectivity index (χ0v) is 14.8. The average Bonchev–Trinajstić information content (AvgIpc) is 2.50. The Hall–Kier alpha value is -1.78. The molecular weight excluding hydrogens is 424 g/mol. The van der Waals surface area contributed by atoms with Crippen LogP contribution in [0.3, 0.4) is 0 Å². The maximum absolute atomic E-state index is 13.4. The van der Waals surface area contributed by atoms with E-state index in [2.05, 4.69) is 27.5 Å². The molecule has 0 heterocycles. The monoisotopic (exact) mass is 442 g/mol. The quantitative estimate of drug-likeness (QED) is 0.209. The smallest absolute Gasteiger partial charge is 0.246 e. The molecule has 0 fully saturated rings. The van der Waals surface area contributed by atoms with Gasteiger partial charge >= 0.3 is 0 Å². The van der Waals surface area contributed by atoms with Gasteiger partial charge in [-0.05, 0) is 19.1 Å². The lowest BCUT2D eigenvalue weighted by Gasteiger charge is -2.10. The fourth-order valence-corrected chi connectivity index (χ4v) is 1.47. The molecule has 1 aromatic rings. The van der Waals surface area contributed by atoms with Gasteiger partial charge in [0, 0.05) is 13.1 Å². The molecule has 0 aliphatic carbocycles. The second-order valence-corrected chi connectivity index (χ2v) is 4.14. The van der Waals surface area contributed by atoms with Gasteiger partial charge in [0.1, 0.15) is 6.54 Å². The number of aliphatic imine (C=N–C) groups is 1. The zero-order valence-electron chi connectivity index (χ0n) is 12.5. The molecule has 1 rings (SSSR count). The first kappa shape index (κ1) is 21.2.